The Hall–Kier alpha value is -1.21. The van der Waals surface area contributed by atoms with Crippen LogP contribution < -0.4 is 10.5 Å². The van der Waals surface area contributed by atoms with Crippen molar-refractivity contribution in [2.45, 2.75) is 11.3 Å². The van der Waals surface area contributed by atoms with Crippen LogP contribution in [0.25, 0.3) is 0 Å². The van der Waals surface area contributed by atoms with Crippen LogP contribution in [0.2, 0.25) is 10.0 Å². The molecule has 0 unspecified atom stereocenters. The summed E-state index contributed by atoms with van der Waals surface area (Å²) in [6, 6.07) is 6.17. The van der Waals surface area contributed by atoms with Crippen molar-refractivity contribution < 1.29 is 12.8 Å². The molecule has 3 N–H and O–H groups in total. The van der Waals surface area contributed by atoms with Gasteiger partial charge in [-0.05, 0) is 24.3 Å². The van der Waals surface area contributed by atoms with Gasteiger partial charge in [0.25, 0.3) is 0 Å². The number of nitrogens with two attached hydrogens (primary N) is 1. The molecular weight excluding hydrogens is 323 g/mol. The molecule has 1 heterocycles. The van der Waals surface area contributed by atoms with Gasteiger partial charge < -0.3 is 10.2 Å². The highest BCUT2D eigenvalue weighted by molar-refractivity contribution is 7.89. The van der Waals surface area contributed by atoms with Gasteiger partial charge in [0.1, 0.15) is 10.7 Å². The molecule has 0 atom stereocenters. The summed E-state index contributed by atoms with van der Waals surface area (Å²) < 4.78 is 31.9. The lowest BCUT2D eigenvalue weighted by Crippen LogP contribution is -2.27. The Morgan fingerprint density at radius 2 is 2.05 bits per heavy atom. The Balaban J connectivity index is 2.14. The first kappa shape index (κ1) is 15.2. The van der Waals surface area contributed by atoms with E-state index in [1.54, 1.807) is 12.1 Å². The molecule has 0 radical (unpaired) electrons. The lowest BCUT2D eigenvalue weighted by atomic mass is 10.3. The summed E-state index contributed by atoms with van der Waals surface area (Å²) in [6.45, 7) is 0.175. The van der Waals surface area contributed by atoms with Crippen LogP contribution in [0.5, 0.6) is 0 Å². The molecule has 0 saturated heterocycles. The van der Waals surface area contributed by atoms with E-state index in [4.69, 9.17) is 33.4 Å². The highest BCUT2D eigenvalue weighted by Gasteiger charge is 2.21. The van der Waals surface area contributed by atoms with E-state index in [2.05, 4.69) is 4.72 Å². The monoisotopic (exact) mass is 334 g/mol. The van der Waals surface area contributed by atoms with E-state index < -0.39 is 10.0 Å². The molecule has 2 aromatic rings. The Bertz CT molecular complexity index is 676. The van der Waals surface area contributed by atoms with Crippen LogP contribution in [-0.4, -0.2) is 15.0 Å². The molecule has 0 aliphatic heterocycles. The standard InChI is InChI=1S/C12H12Cl2N2O3S/c13-8-6-10(14)12(11(15)7-8)20(17,18)16-4-3-9-2-1-5-19-9/h1-2,5-7,16H,3-4,15H2. The lowest BCUT2D eigenvalue weighted by molar-refractivity contribution is 0.506. The average Bonchev–Trinajstić information content (AvgIpc) is 2.79. The molecule has 0 bridgehead atoms. The normalized spacial score (nSPS) is 11.7. The molecule has 0 aliphatic carbocycles. The molecule has 108 valence electrons. The number of sulfonamides is 1. The van der Waals surface area contributed by atoms with Crippen molar-refractivity contribution in [3.63, 3.8) is 0 Å². The van der Waals surface area contributed by atoms with Gasteiger partial charge in [0, 0.05) is 18.0 Å². The topological polar surface area (TPSA) is 85.3 Å². The maximum absolute atomic E-state index is 12.2. The number of nitrogens with one attached hydrogen (secondary N) is 1. The zero-order valence-corrected chi connectivity index (χ0v) is 12.6. The molecule has 0 aliphatic rings. The van der Waals surface area contributed by atoms with Crippen LogP contribution >= 0.6 is 23.2 Å². The van der Waals surface area contributed by atoms with Gasteiger partial charge in [-0.25, -0.2) is 13.1 Å². The number of benzene rings is 1. The minimum absolute atomic E-state index is 0.00741. The minimum atomic E-state index is -3.80. The summed E-state index contributed by atoms with van der Waals surface area (Å²) in [4.78, 5) is -0.164. The van der Waals surface area contributed by atoms with Crippen molar-refractivity contribution in [2.24, 2.45) is 0 Å². The van der Waals surface area contributed by atoms with Crippen molar-refractivity contribution >= 4 is 38.9 Å². The summed E-state index contributed by atoms with van der Waals surface area (Å²) in [6.07, 6.45) is 1.95. The van der Waals surface area contributed by atoms with E-state index in [1.165, 1.54) is 18.4 Å². The summed E-state index contributed by atoms with van der Waals surface area (Å²) in [5.41, 5.74) is 5.68. The Kier molecular flexibility index (Phi) is 4.59. The second kappa shape index (κ2) is 6.05. The highest BCUT2D eigenvalue weighted by atomic mass is 35.5. The number of furan rings is 1. The predicted molar refractivity (Wildman–Crippen MR) is 78.5 cm³/mol. The molecule has 20 heavy (non-hydrogen) atoms. The lowest BCUT2D eigenvalue weighted by Gasteiger charge is -2.10. The first-order valence-corrected chi connectivity index (χ1v) is 7.90. The van der Waals surface area contributed by atoms with Gasteiger partial charge in [0.05, 0.1) is 17.0 Å². The molecule has 1 aromatic carbocycles. The van der Waals surface area contributed by atoms with Gasteiger partial charge in [0.2, 0.25) is 10.0 Å². The Morgan fingerprint density at radius 3 is 2.65 bits per heavy atom. The van der Waals surface area contributed by atoms with Gasteiger partial charge in [-0.15, -0.1) is 0 Å². The fourth-order valence-corrected chi connectivity index (χ4v) is 3.71. The molecule has 0 saturated carbocycles. The van der Waals surface area contributed by atoms with E-state index in [1.807, 2.05) is 0 Å². The van der Waals surface area contributed by atoms with E-state index in [9.17, 15) is 8.42 Å². The zero-order chi connectivity index (χ0) is 14.8. The number of anilines is 1. The van der Waals surface area contributed by atoms with Crippen LogP contribution in [0.4, 0.5) is 5.69 Å². The smallest absolute Gasteiger partial charge is 0.244 e. The van der Waals surface area contributed by atoms with Gasteiger partial charge >= 0.3 is 0 Å². The number of hydrogen-bond donors (Lipinski definition) is 2. The van der Waals surface area contributed by atoms with Crippen molar-refractivity contribution in [1.82, 2.24) is 4.72 Å². The fourth-order valence-electron chi connectivity index (χ4n) is 1.70. The van der Waals surface area contributed by atoms with E-state index in [-0.39, 0.29) is 27.2 Å². The molecule has 1 aromatic heterocycles. The van der Waals surface area contributed by atoms with Crippen molar-refractivity contribution in [1.29, 1.82) is 0 Å². The summed E-state index contributed by atoms with van der Waals surface area (Å²) >= 11 is 11.6. The first-order valence-electron chi connectivity index (χ1n) is 5.67. The molecular formula is C12H12Cl2N2O3S. The van der Waals surface area contributed by atoms with Gasteiger partial charge in [-0.2, -0.15) is 0 Å². The van der Waals surface area contributed by atoms with E-state index in [0.29, 0.717) is 12.2 Å². The number of rotatable bonds is 5. The van der Waals surface area contributed by atoms with Crippen LogP contribution in [-0.2, 0) is 16.4 Å². The maximum atomic E-state index is 12.2. The molecule has 2 rings (SSSR count). The van der Waals surface area contributed by atoms with Crippen molar-refractivity contribution in [2.75, 3.05) is 12.3 Å². The molecule has 0 amide bonds. The van der Waals surface area contributed by atoms with Crippen LogP contribution in [0.15, 0.2) is 39.8 Å². The third kappa shape index (κ3) is 3.46. The molecule has 0 spiro atoms. The summed E-state index contributed by atoms with van der Waals surface area (Å²) in [5.74, 6) is 0.683. The molecule has 5 nitrogen and oxygen atoms in total. The van der Waals surface area contributed by atoms with E-state index in [0.717, 1.165) is 0 Å². The molecule has 0 fully saturated rings. The highest BCUT2D eigenvalue weighted by Crippen LogP contribution is 2.30. The Labute approximate surface area is 126 Å². The van der Waals surface area contributed by atoms with E-state index >= 15 is 0 Å². The third-order valence-corrected chi connectivity index (χ3v) is 4.76. The number of hydrogen-bond acceptors (Lipinski definition) is 4. The third-order valence-electron chi connectivity index (χ3n) is 2.55. The fraction of sp³-hybridized carbons (Fsp3) is 0.167. The second-order valence-corrected chi connectivity index (χ2v) is 6.58. The summed E-state index contributed by atoms with van der Waals surface area (Å²) in [5, 5.41) is 0.266. The van der Waals surface area contributed by atoms with Gasteiger partial charge in [-0.1, -0.05) is 23.2 Å². The first-order chi connectivity index (χ1) is 9.40. The average molecular weight is 335 g/mol. The predicted octanol–water partition coefficient (Wildman–Crippen LogP) is 2.69. The van der Waals surface area contributed by atoms with Crippen molar-refractivity contribution in [3.05, 3.63) is 46.3 Å². The number of nitrogen functional groups attached to an aromatic ring is 1. The van der Waals surface area contributed by atoms with Crippen molar-refractivity contribution in [3.8, 4) is 0 Å². The van der Waals surface area contributed by atoms with Crippen LogP contribution in [0, 0.1) is 0 Å². The van der Waals surface area contributed by atoms with Crippen LogP contribution in [0.1, 0.15) is 5.76 Å². The van der Waals surface area contributed by atoms with Gasteiger partial charge in [-0.3, -0.25) is 0 Å². The zero-order valence-electron chi connectivity index (χ0n) is 10.3. The quantitative estimate of drug-likeness (QED) is 0.823. The Morgan fingerprint density at radius 1 is 1.30 bits per heavy atom. The maximum Gasteiger partial charge on any atom is 0.244 e. The SMILES string of the molecule is Nc1cc(Cl)cc(Cl)c1S(=O)(=O)NCCc1ccco1. The second-order valence-electron chi connectivity index (χ2n) is 4.03. The minimum Gasteiger partial charge on any atom is -0.469 e. The molecule has 8 heteroatoms. The van der Waals surface area contributed by atoms with Gasteiger partial charge in [0.15, 0.2) is 0 Å². The largest absolute Gasteiger partial charge is 0.469 e. The number of halogens is 2. The van der Waals surface area contributed by atoms with Crippen LogP contribution in [0.3, 0.4) is 0 Å². The summed E-state index contributed by atoms with van der Waals surface area (Å²) in [7, 11) is -3.80.